The van der Waals surface area contributed by atoms with Gasteiger partial charge < -0.3 is 10.3 Å². The molecular formula is C10H12NO5P. The molecule has 4 N–H and O–H groups in total. The molecule has 6 nitrogen and oxygen atoms in total. The molecule has 0 aliphatic heterocycles. The Morgan fingerprint density at radius 3 is 2.47 bits per heavy atom. The fourth-order valence-corrected chi connectivity index (χ4v) is 1.57. The Bertz CT molecular complexity index is 519. The number of nitrogens with two attached hydrogens (primary N) is 1. The first-order valence-electron chi connectivity index (χ1n) is 4.55. The number of nitrogen functional groups attached to an aromatic ring is 1. The van der Waals surface area contributed by atoms with Crippen LogP contribution in [0.5, 0.6) is 5.75 Å². The molecule has 7 heteroatoms. The summed E-state index contributed by atoms with van der Waals surface area (Å²) >= 11 is 0. The van der Waals surface area contributed by atoms with Gasteiger partial charge in [-0.3, -0.25) is 14.6 Å². The van der Waals surface area contributed by atoms with Gasteiger partial charge in [0.2, 0.25) is 0 Å². The standard InChI is InChI=1S/C10H12NO5P/c1-6(2)10(12)7-3-4-9(8(11)5-7)16-17(13,14)15/h3-5H,1,11H2,2H3,(H2,13,14,15). The lowest BCUT2D eigenvalue weighted by Gasteiger charge is -2.10. The Labute approximate surface area is 98.0 Å². The maximum Gasteiger partial charge on any atom is 0.524 e. The van der Waals surface area contributed by atoms with Crippen molar-refractivity contribution in [2.75, 3.05) is 5.73 Å². The third kappa shape index (κ3) is 3.71. The first-order valence-corrected chi connectivity index (χ1v) is 6.08. The van der Waals surface area contributed by atoms with Gasteiger partial charge in [-0.25, -0.2) is 4.57 Å². The summed E-state index contributed by atoms with van der Waals surface area (Å²) in [5.74, 6) is -0.462. The Kier molecular flexibility index (Phi) is 3.72. The summed E-state index contributed by atoms with van der Waals surface area (Å²) < 4.78 is 15.0. The molecule has 1 rings (SSSR count). The van der Waals surface area contributed by atoms with Gasteiger partial charge in [0, 0.05) is 5.56 Å². The summed E-state index contributed by atoms with van der Waals surface area (Å²) in [7, 11) is -4.65. The highest BCUT2D eigenvalue weighted by Gasteiger charge is 2.18. The molecule has 0 heterocycles. The quantitative estimate of drug-likeness (QED) is 0.326. The van der Waals surface area contributed by atoms with Gasteiger partial charge in [-0.1, -0.05) is 6.58 Å². The lowest BCUT2D eigenvalue weighted by Crippen LogP contribution is -2.02. The van der Waals surface area contributed by atoms with Gasteiger partial charge in [-0.05, 0) is 30.7 Å². The number of carbonyl (C=O) groups is 1. The molecule has 0 aliphatic carbocycles. The molecule has 0 bridgehead atoms. The minimum absolute atomic E-state index is 0.0274. The number of Topliss-reactive ketones (excluding diaryl/α,β-unsaturated/α-hetero) is 1. The van der Waals surface area contributed by atoms with E-state index in [0.29, 0.717) is 5.57 Å². The summed E-state index contributed by atoms with van der Waals surface area (Å²) in [6.45, 7) is 5.05. The average Bonchev–Trinajstić information content (AvgIpc) is 2.18. The van der Waals surface area contributed by atoms with Gasteiger partial charge in [-0.2, -0.15) is 0 Å². The van der Waals surface area contributed by atoms with Crippen LogP contribution < -0.4 is 10.3 Å². The smallest absolute Gasteiger partial charge is 0.402 e. The number of phosphoric ester groups is 1. The second-order valence-corrected chi connectivity index (χ2v) is 4.61. The van der Waals surface area contributed by atoms with Crippen molar-refractivity contribution in [1.82, 2.24) is 0 Å². The van der Waals surface area contributed by atoms with E-state index in [1.54, 1.807) is 6.92 Å². The van der Waals surface area contributed by atoms with E-state index >= 15 is 0 Å². The van der Waals surface area contributed by atoms with Crippen LogP contribution >= 0.6 is 7.82 Å². The molecule has 17 heavy (non-hydrogen) atoms. The summed E-state index contributed by atoms with van der Waals surface area (Å²) in [6.07, 6.45) is 0. The van der Waals surface area contributed by atoms with Gasteiger partial charge in [0.15, 0.2) is 11.5 Å². The van der Waals surface area contributed by atoms with Crippen LogP contribution in [-0.4, -0.2) is 15.6 Å². The summed E-state index contributed by atoms with van der Waals surface area (Å²) in [4.78, 5) is 28.8. The van der Waals surface area contributed by atoms with Crippen LogP contribution in [-0.2, 0) is 4.57 Å². The maximum atomic E-state index is 11.5. The van der Waals surface area contributed by atoms with Crippen LogP contribution in [0, 0.1) is 0 Å². The molecule has 0 spiro atoms. The number of anilines is 1. The van der Waals surface area contributed by atoms with E-state index < -0.39 is 7.82 Å². The number of allylic oxidation sites excluding steroid dienone is 1. The Morgan fingerprint density at radius 1 is 1.47 bits per heavy atom. The van der Waals surface area contributed by atoms with E-state index in [2.05, 4.69) is 11.1 Å². The molecule has 0 atom stereocenters. The summed E-state index contributed by atoms with van der Waals surface area (Å²) in [6, 6.07) is 3.87. The number of benzene rings is 1. The highest BCUT2D eigenvalue weighted by molar-refractivity contribution is 7.46. The van der Waals surface area contributed by atoms with E-state index in [1.165, 1.54) is 18.2 Å². The fraction of sp³-hybridized carbons (Fsp3) is 0.100. The van der Waals surface area contributed by atoms with E-state index in [9.17, 15) is 9.36 Å². The summed E-state index contributed by atoms with van der Waals surface area (Å²) in [5, 5.41) is 0. The number of phosphoric acid groups is 1. The number of hydrogen-bond donors (Lipinski definition) is 3. The Hall–Kier alpha value is -1.62. The zero-order valence-electron chi connectivity index (χ0n) is 9.08. The lowest BCUT2D eigenvalue weighted by molar-refractivity contribution is 0.103. The van der Waals surface area contributed by atoms with Crippen molar-refractivity contribution < 1.29 is 23.7 Å². The normalized spacial score (nSPS) is 11.0. The van der Waals surface area contributed by atoms with Crippen LogP contribution in [0.3, 0.4) is 0 Å². The molecule has 1 aromatic carbocycles. The lowest BCUT2D eigenvalue weighted by atomic mass is 10.1. The van der Waals surface area contributed by atoms with Gasteiger partial charge in [0.1, 0.15) is 0 Å². The van der Waals surface area contributed by atoms with Crippen LogP contribution in [0.2, 0.25) is 0 Å². The van der Waals surface area contributed by atoms with Crippen LogP contribution in [0.1, 0.15) is 17.3 Å². The molecule has 0 radical (unpaired) electrons. The Morgan fingerprint density at radius 2 is 2.06 bits per heavy atom. The van der Waals surface area contributed by atoms with E-state index in [1.807, 2.05) is 0 Å². The van der Waals surface area contributed by atoms with Crippen LogP contribution in [0.15, 0.2) is 30.4 Å². The van der Waals surface area contributed by atoms with Crippen LogP contribution in [0.4, 0.5) is 5.69 Å². The summed E-state index contributed by atoms with van der Waals surface area (Å²) in [5.41, 5.74) is 6.11. The predicted octanol–water partition coefficient (Wildman–Crippen LogP) is 1.50. The monoisotopic (exact) mass is 257 g/mol. The van der Waals surface area contributed by atoms with Gasteiger partial charge >= 0.3 is 7.82 Å². The first kappa shape index (κ1) is 13.4. The average molecular weight is 257 g/mol. The van der Waals surface area contributed by atoms with Crippen LogP contribution in [0.25, 0.3) is 0 Å². The minimum atomic E-state index is -4.65. The number of rotatable bonds is 4. The zero-order chi connectivity index (χ0) is 13.2. The predicted molar refractivity (Wildman–Crippen MR) is 62.7 cm³/mol. The number of carbonyl (C=O) groups excluding carboxylic acids is 1. The molecule has 0 aromatic heterocycles. The Balaban J connectivity index is 3.06. The molecule has 0 saturated carbocycles. The molecule has 92 valence electrons. The second kappa shape index (κ2) is 4.71. The molecule has 0 amide bonds. The fourth-order valence-electron chi connectivity index (χ4n) is 1.15. The van der Waals surface area contributed by atoms with Crippen molar-refractivity contribution in [2.24, 2.45) is 0 Å². The third-order valence-corrected chi connectivity index (χ3v) is 2.31. The largest absolute Gasteiger partial charge is 0.524 e. The molecule has 0 saturated heterocycles. The number of hydrogen-bond acceptors (Lipinski definition) is 4. The van der Waals surface area contributed by atoms with Crippen molar-refractivity contribution in [2.45, 2.75) is 6.92 Å². The highest BCUT2D eigenvalue weighted by Crippen LogP contribution is 2.40. The van der Waals surface area contributed by atoms with Gasteiger partial charge in [0.05, 0.1) is 5.69 Å². The molecule has 1 aromatic rings. The van der Waals surface area contributed by atoms with Crippen molar-refractivity contribution >= 4 is 19.3 Å². The topological polar surface area (TPSA) is 110 Å². The van der Waals surface area contributed by atoms with E-state index in [-0.39, 0.29) is 22.8 Å². The first-order chi connectivity index (χ1) is 7.70. The minimum Gasteiger partial charge on any atom is -0.402 e. The molecule has 0 fully saturated rings. The van der Waals surface area contributed by atoms with Crippen molar-refractivity contribution in [1.29, 1.82) is 0 Å². The SMILES string of the molecule is C=C(C)C(=O)c1ccc(OP(=O)(O)O)c(N)c1. The second-order valence-electron chi connectivity index (χ2n) is 3.44. The van der Waals surface area contributed by atoms with Crippen molar-refractivity contribution in [3.8, 4) is 5.75 Å². The van der Waals surface area contributed by atoms with E-state index in [0.717, 1.165) is 0 Å². The van der Waals surface area contributed by atoms with Gasteiger partial charge in [0.25, 0.3) is 0 Å². The van der Waals surface area contributed by atoms with E-state index in [4.69, 9.17) is 15.5 Å². The van der Waals surface area contributed by atoms with Crippen molar-refractivity contribution in [3.63, 3.8) is 0 Å². The van der Waals surface area contributed by atoms with Gasteiger partial charge in [-0.15, -0.1) is 0 Å². The molecular weight excluding hydrogens is 245 g/mol. The highest BCUT2D eigenvalue weighted by atomic mass is 31.2. The molecule has 0 unspecified atom stereocenters. The third-order valence-electron chi connectivity index (χ3n) is 1.88. The molecule has 0 aliphatic rings. The maximum absolute atomic E-state index is 11.5. The number of ketones is 1. The van der Waals surface area contributed by atoms with Crippen molar-refractivity contribution in [3.05, 3.63) is 35.9 Å². The zero-order valence-corrected chi connectivity index (χ0v) is 9.98.